The maximum Gasteiger partial charge on any atom is 0.212 e. The number of hydrogen-bond acceptors (Lipinski definition) is 0. The summed E-state index contributed by atoms with van der Waals surface area (Å²) in [6.45, 7) is 28.2. The lowest BCUT2D eigenvalue weighted by Crippen LogP contribution is -2.31. The summed E-state index contributed by atoms with van der Waals surface area (Å²) in [6, 6.07) is 44.3. The summed E-state index contributed by atoms with van der Waals surface area (Å²) in [7, 11) is 8.43. The van der Waals surface area contributed by atoms with Crippen LogP contribution in [0.3, 0.4) is 0 Å². The number of nitrogens with zero attached hydrogens (tertiary/aromatic N) is 4. The predicted octanol–water partition coefficient (Wildman–Crippen LogP) is 18.8. The van der Waals surface area contributed by atoms with Crippen molar-refractivity contribution in [3.05, 3.63) is 213 Å². The van der Waals surface area contributed by atoms with Crippen molar-refractivity contribution in [3.63, 3.8) is 0 Å². The fraction of sp³-hybridized carbons (Fsp3) is 0.389. The van der Waals surface area contributed by atoms with Gasteiger partial charge in [0, 0.05) is 68.8 Å². The van der Waals surface area contributed by atoms with E-state index in [2.05, 4.69) is 283 Å². The Kier molecular flexibility index (Phi) is 34.9. The summed E-state index contributed by atoms with van der Waals surface area (Å²) < 4.78 is 8.81. The molecule has 0 unspecified atom stereocenters. The van der Waals surface area contributed by atoms with Crippen molar-refractivity contribution < 1.29 is 18.3 Å². The first-order chi connectivity index (χ1) is 32.3. The zero-order chi connectivity index (χ0) is 49.8. The molecular formula is C72H112N4+4. The SMILES string of the molecule is C.C.C.C.C.C.C.C.CCc1ccc(-c2ccc(C)c[n+]2C)c(C)c1.CCc1ccc(-c2ccc(C)cc2C)[n+](C)c1.Cc1ccc(-c2ccc(C(C)C)cc2C)[n+](C)c1.Cc1ccc(-c2ccc(C)c[n+]2C)c(C)c1. The van der Waals surface area contributed by atoms with Crippen LogP contribution in [-0.2, 0) is 41.0 Å². The van der Waals surface area contributed by atoms with Gasteiger partial charge in [-0.25, -0.2) is 18.3 Å². The van der Waals surface area contributed by atoms with Gasteiger partial charge in [0.2, 0.25) is 22.8 Å². The molecule has 4 heterocycles. The highest BCUT2D eigenvalue weighted by Crippen LogP contribution is 2.26. The Morgan fingerprint density at radius 1 is 0.303 bits per heavy atom. The summed E-state index contributed by atoms with van der Waals surface area (Å²) >= 11 is 0. The van der Waals surface area contributed by atoms with Crippen LogP contribution in [0.2, 0.25) is 0 Å². The Morgan fingerprint density at radius 3 is 0.868 bits per heavy atom. The molecule has 4 aromatic heterocycles. The molecule has 4 heteroatoms. The largest absolute Gasteiger partial charge is 0.212 e. The van der Waals surface area contributed by atoms with E-state index in [1.165, 1.54) is 112 Å². The van der Waals surface area contributed by atoms with Crippen LogP contribution in [0.25, 0.3) is 45.0 Å². The van der Waals surface area contributed by atoms with Gasteiger partial charge in [-0.15, -0.1) is 0 Å². The normalized spacial score (nSPS) is 9.55. The van der Waals surface area contributed by atoms with Gasteiger partial charge in [0.15, 0.2) is 24.8 Å². The molecule has 0 saturated heterocycles. The average molecular weight is 1030 g/mol. The topological polar surface area (TPSA) is 15.5 Å². The van der Waals surface area contributed by atoms with Gasteiger partial charge >= 0.3 is 0 Å². The summed E-state index contributed by atoms with van der Waals surface area (Å²) in [5, 5.41) is 0. The van der Waals surface area contributed by atoms with E-state index in [1.807, 2.05) is 0 Å². The third-order valence-electron chi connectivity index (χ3n) is 12.9. The predicted molar refractivity (Wildman–Crippen MR) is 342 cm³/mol. The second-order valence-electron chi connectivity index (χ2n) is 19.4. The van der Waals surface area contributed by atoms with Crippen LogP contribution < -0.4 is 18.3 Å². The highest BCUT2D eigenvalue weighted by molar-refractivity contribution is 5.64. The molecule has 0 amide bonds. The first-order valence-corrected chi connectivity index (χ1v) is 24.5. The maximum absolute atomic E-state index is 2.31. The second-order valence-corrected chi connectivity index (χ2v) is 19.4. The van der Waals surface area contributed by atoms with Crippen LogP contribution in [0.5, 0.6) is 0 Å². The summed E-state index contributed by atoms with van der Waals surface area (Å²) in [5.74, 6) is 0.588. The van der Waals surface area contributed by atoms with Gasteiger partial charge in [0.25, 0.3) is 0 Å². The molecule has 0 radical (unpaired) electrons. The fourth-order valence-electron chi connectivity index (χ4n) is 9.00. The first-order valence-electron chi connectivity index (χ1n) is 24.5. The third-order valence-corrected chi connectivity index (χ3v) is 12.9. The van der Waals surface area contributed by atoms with Gasteiger partial charge in [-0.3, -0.25) is 0 Å². The molecular weight excluding hydrogens is 921 g/mol. The standard InChI is InChI=1S/C17H22N.2C16H20N.C15H18N.8CH4/c1-12(2)15-7-8-16(14(4)10-15)17-9-6-13(3)11-18(17)5;1-5-14-7-8-15(13(3)10-14)16-9-6-12(2)11-17(16)4;1-5-14-7-9-16(17(4)11-14)15-8-6-12(2)10-13(15)3;1-11-5-7-14(13(3)9-11)15-8-6-12(2)10-16(15)4;;;;;;;;/h6-12H,1-5H3;2*6-11H,5H2,1-4H3;5-10H,1-4H3;8*1H4/q4*+1;;;;;;;;. The van der Waals surface area contributed by atoms with E-state index in [0.717, 1.165) is 12.8 Å². The molecule has 0 aliphatic carbocycles. The molecule has 4 nitrogen and oxygen atoms in total. The molecule has 0 bridgehead atoms. The number of pyridine rings is 4. The van der Waals surface area contributed by atoms with Crippen LogP contribution in [0, 0.1) is 62.3 Å². The van der Waals surface area contributed by atoms with E-state index < -0.39 is 0 Å². The summed E-state index contributed by atoms with van der Waals surface area (Å²) in [4.78, 5) is 0. The average Bonchev–Trinajstić information content (AvgIpc) is 3.28. The Labute approximate surface area is 470 Å². The Bertz CT molecular complexity index is 2840. The quantitative estimate of drug-likeness (QED) is 0.141. The first kappa shape index (κ1) is 76.0. The minimum absolute atomic E-state index is 0. The molecule has 0 atom stereocenters. The minimum atomic E-state index is 0. The molecule has 0 fully saturated rings. The van der Waals surface area contributed by atoms with E-state index in [-0.39, 0.29) is 59.4 Å². The van der Waals surface area contributed by atoms with Crippen molar-refractivity contribution in [2.24, 2.45) is 28.2 Å². The van der Waals surface area contributed by atoms with Crippen molar-refractivity contribution in [2.45, 2.75) is 168 Å². The molecule has 0 aliphatic heterocycles. The molecule has 76 heavy (non-hydrogen) atoms. The van der Waals surface area contributed by atoms with Crippen LogP contribution in [0.15, 0.2) is 146 Å². The van der Waals surface area contributed by atoms with E-state index in [1.54, 1.807) is 0 Å². The molecule has 0 aliphatic rings. The Hall–Kier alpha value is -6.52. The summed E-state index contributed by atoms with van der Waals surface area (Å²) in [6.07, 6.45) is 10.9. The molecule has 8 rings (SSSR count). The molecule has 416 valence electrons. The number of benzene rings is 4. The highest BCUT2D eigenvalue weighted by atomic mass is 14.9. The van der Waals surface area contributed by atoms with Crippen LogP contribution >= 0.6 is 0 Å². The van der Waals surface area contributed by atoms with E-state index in [0.29, 0.717) is 5.92 Å². The zero-order valence-electron chi connectivity index (χ0n) is 44.6. The lowest BCUT2D eigenvalue weighted by atomic mass is 9.96. The van der Waals surface area contributed by atoms with Crippen LogP contribution in [0.4, 0.5) is 0 Å². The van der Waals surface area contributed by atoms with Crippen LogP contribution in [-0.4, -0.2) is 0 Å². The Balaban J connectivity index is -0.000000440. The molecule has 0 spiro atoms. The molecule has 4 aromatic carbocycles. The highest BCUT2D eigenvalue weighted by Gasteiger charge is 2.16. The monoisotopic (exact) mass is 1030 g/mol. The number of aryl methyl sites for hydroxylation is 15. The minimum Gasteiger partial charge on any atom is -0.201 e. The number of hydrogen-bond donors (Lipinski definition) is 0. The zero-order valence-corrected chi connectivity index (χ0v) is 44.6. The van der Waals surface area contributed by atoms with Crippen molar-refractivity contribution in [1.29, 1.82) is 0 Å². The second kappa shape index (κ2) is 34.9. The number of aromatic nitrogens is 4. The van der Waals surface area contributed by atoms with Gasteiger partial charge < -0.3 is 0 Å². The van der Waals surface area contributed by atoms with Crippen molar-refractivity contribution in [2.75, 3.05) is 0 Å². The number of rotatable bonds is 7. The molecule has 0 saturated carbocycles. The van der Waals surface area contributed by atoms with Crippen molar-refractivity contribution in [1.82, 2.24) is 0 Å². The lowest BCUT2D eigenvalue weighted by molar-refractivity contribution is -0.660. The third kappa shape index (κ3) is 20.2. The van der Waals surface area contributed by atoms with Gasteiger partial charge in [0.1, 0.15) is 28.2 Å². The van der Waals surface area contributed by atoms with E-state index >= 15 is 0 Å². The maximum atomic E-state index is 2.31. The molecule has 8 aromatic rings. The van der Waals surface area contributed by atoms with E-state index in [4.69, 9.17) is 0 Å². The van der Waals surface area contributed by atoms with Gasteiger partial charge in [0.05, 0.1) is 0 Å². The fourth-order valence-corrected chi connectivity index (χ4v) is 9.00. The smallest absolute Gasteiger partial charge is 0.201 e. The van der Waals surface area contributed by atoms with Crippen molar-refractivity contribution in [3.8, 4) is 45.0 Å². The van der Waals surface area contributed by atoms with Crippen molar-refractivity contribution >= 4 is 0 Å². The van der Waals surface area contributed by atoms with Gasteiger partial charge in [-0.1, -0.05) is 147 Å². The summed E-state index contributed by atoms with van der Waals surface area (Å²) in [5.41, 5.74) is 26.4. The van der Waals surface area contributed by atoms with Gasteiger partial charge in [-0.2, -0.15) is 0 Å². The lowest BCUT2D eigenvalue weighted by Gasteiger charge is -2.10. The Morgan fingerprint density at radius 2 is 0.579 bits per heavy atom. The van der Waals surface area contributed by atoms with Gasteiger partial charge in [-0.05, 0) is 163 Å². The van der Waals surface area contributed by atoms with Crippen LogP contribution in [0.1, 0.15) is 160 Å². The van der Waals surface area contributed by atoms with E-state index in [9.17, 15) is 0 Å². The molecule has 0 N–H and O–H groups in total.